The van der Waals surface area contributed by atoms with E-state index in [1.54, 1.807) is 0 Å². The molecular weight excluding hydrogens is 198 g/mol. The monoisotopic (exact) mass is 223 g/mol. The van der Waals surface area contributed by atoms with E-state index < -0.39 is 0 Å². The van der Waals surface area contributed by atoms with Crippen LogP contribution in [-0.4, -0.2) is 16.3 Å². The van der Waals surface area contributed by atoms with Gasteiger partial charge in [-0.05, 0) is 32.2 Å². The molecule has 0 saturated heterocycles. The number of nitrogens with one attached hydrogen (secondary N) is 1. The Morgan fingerprint density at radius 3 is 2.81 bits per heavy atom. The molecule has 3 heteroatoms. The quantitative estimate of drug-likeness (QED) is 0.770. The minimum atomic E-state index is 0.790. The second-order valence-electron chi connectivity index (χ2n) is 4.82. The molecule has 0 aliphatic carbocycles. The number of hydrogen-bond donors (Lipinski definition) is 1. The van der Waals surface area contributed by atoms with Gasteiger partial charge in [-0.25, -0.2) is 0 Å². The Morgan fingerprint density at radius 2 is 2.19 bits per heavy atom. The fraction of sp³-hybridized carbons (Fsp3) is 0.769. The lowest BCUT2D eigenvalue weighted by atomic mass is 10.1. The van der Waals surface area contributed by atoms with Crippen LogP contribution < -0.4 is 5.32 Å². The van der Waals surface area contributed by atoms with Gasteiger partial charge >= 0.3 is 0 Å². The molecule has 0 fully saturated rings. The second-order valence-corrected chi connectivity index (χ2v) is 4.82. The molecule has 1 heterocycles. The summed E-state index contributed by atoms with van der Waals surface area (Å²) in [6, 6.07) is 0. The van der Waals surface area contributed by atoms with Crippen LogP contribution in [0.15, 0.2) is 6.20 Å². The molecule has 92 valence electrons. The van der Waals surface area contributed by atoms with E-state index in [-0.39, 0.29) is 0 Å². The van der Waals surface area contributed by atoms with E-state index in [0.29, 0.717) is 0 Å². The van der Waals surface area contributed by atoms with E-state index in [1.807, 2.05) is 0 Å². The van der Waals surface area contributed by atoms with Gasteiger partial charge in [-0.2, -0.15) is 5.10 Å². The van der Waals surface area contributed by atoms with Crippen molar-refractivity contribution in [3.05, 3.63) is 17.5 Å². The Bertz CT molecular complexity index is 302. The van der Waals surface area contributed by atoms with E-state index in [2.05, 4.69) is 49.0 Å². The van der Waals surface area contributed by atoms with Crippen LogP contribution in [0.5, 0.6) is 0 Å². The average molecular weight is 223 g/mol. The van der Waals surface area contributed by atoms with Gasteiger partial charge in [-0.3, -0.25) is 4.68 Å². The van der Waals surface area contributed by atoms with Crippen molar-refractivity contribution in [2.45, 2.75) is 53.6 Å². The topological polar surface area (TPSA) is 29.9 Å². The summed E-state index contributed by atoms with van der Waals surface area (Å²) in [5.41, 5.74) is 2.48. The number of aryl methyl sites for hydroxylation is 2. The molecular formula is C13H25N3. The molecule has 0 aliphatic heterocycles. The van der Waals surface area contributed by atoms with Gasteiger partial charge in [0.2, 0.25) is 0 Å². The van der Waals surface area contributed by atoms with Gasteiger partial charge in [0.05, 0.1) is 5.69 Å². The van der Waals surface area contributed by atoms with E-state index in [9.17, 15) is 0 Å². The maximum Gasteiger partial charge on any atom is 0.0638 e. The molecule has 0 saturated carbocycles. The third kappa shape index (κ3) is 4.35. The van der Waals surface area contributed by atoms with Gasteiger partial charge in [0.25, 0.3) is 0 Å². The number of aromatic nitrogens is 2. The molecule has 0 unspecified atom stereocenters. The number of hydrogen-bond acceptors (Lipinski definition) is 2. The van der Waals surface area contributed by atoms with Crippen molar-refractivity contribution in [2.75, 3.05) is 6.54 Å². The van der Waals surface area contributed by atoms with Crippen molar-refractivity contribution in [1.29, 1.82) is 0 Å². The minimum Gasteiger partial charge on any atom is -0.313 e. The van der Waals surface area contributed by atoms with Crippen molar-refractivity contribution >= 4 is 0 Å². The smallest absolute Gasteiger partial charge is 0.0638 e. The second kappa shape index (κ2) is 6.69. The highest BCUT2D eigenvalue weighted by Gasteiger charge is 2.04. The molecule has 0 atom stereocenters. The lowest BCUT2D eigenvalue weighted by molar-refractivity contribution is 0.488. The third-order valence-electron chi connectivity index (χ3n) is 2.78. The fourth-order valence-corrected chi connectivity index (χ4v) is 1.77. The SMILES string of the molecule is CCNCc1cn(CCCC(C)C)nc1C. The van der Waals surface area contributed by atoms with Gasteiger partial charge in [0, 0.05) is 24.8 Å². The van der Waals surface area contributed by atoms with E-state index >= 15 is 0 Å². The summed E-state index contributed by atoms with van der Waals surface area (Å²) in [4.78, 5) is 0. The third-order valence-corrected chi connectivity index (χ3v) is 2.78. The van der Waals surface area contributed by atoms with Crippen LogP contribution in [0.1, 0.15) is 44.9 Å². The highest BCUT2D eigenvalue weighted by molar-refractivity contribution is 5.14. The molecule has 3 nitrogen and oxygen atoms in total. The van der Waals surface area contributed by atoms with Crippen molar-refractivity contribution in [2.24, 2.45) is 5.92 Å². The van der Waals surface area contributed by atoms with Crippen LogP contribution in [0.2, 0.25) is 0 Å². The molecule has 0 aliphatic rings. The Labute approximate surface area is 99.2 Å². The summed E-state index contributed by atoms with van der Waals surface area (Å²) in [5.74, 6) is 0.790. The van der Waals surface area contributed by atoms with Crippen LogP contribution >= 0.6 is 0 Å². The van der Waals surface area contributed by atoms with Gasteiger partial charge in [0.15, 0.2) is 0 Å². The normalized spacial score (nSPS) is 11.3. The Kier molecular flexibility index (Phi) is 5.53. The summed E-state index contributed by atoms with van der Waals surface area (Å²) in [5, 5.41) is 7.88. The van der Waals surface area contributed by atoms with Crippen molar-refractivity contribution in [3.63, 3.8) is 0 Å². The molecule has 0 spiro atoms. The van der Waals surface area contributed by atoms with Gasteiger partial charge < -0.3 is 5.32 Å². The number of nitrogens with zero attached hydrogens (tertiary/aromatic N) is 2. The van der Waals surface area contributed by atoms with Gasteiger partial charge in [-0.15, -0.1) is 0 Å². The zero-order valence-electron chi connectivity index (χ0n) is 11.1. The fourth-order valence-electron chi connectivity index (χ4n) is 1.77. The summed E-state index contributed by atoms with van der Waals surface area (Å²) in [6.07, 6.45) is 4.68. The average Bonchev–Trinajstić information content (AvgIpc) is 2.56. The molecule has 16 heavy (non-hydrogen) atoms. The van der Waals surface area contributed by atoms with Crippen molar-refractivity contribution < 1.29 is 0 Å². The highest BCUT2D eigenvalue weighted by atomic mass is 15.3. The minimum absolute atomic E-state index is 0.790. The molecule has 0 aromatic carbocycles. The summed E-state index contributed by atoms with van der Waals surface area (Å²) in [6.45, 7) is 11.7. The lowest BCUT2D eigenvalue weighted by Gasteiger charge is -2.04. The maximum atomic E-state index is 4.54. The maximum absolute atomic E-state index is 4.54. The first-order valence-electron chi connectivity index (χ1n) is 6.37. The van der Waals surface area contributed by atoms with Crippen LogP contribution in [0.25, 0.3) is 0 Å². The Balaban J connectivity index is 2.42. The van der Waals surface area contributed by atoms with Crippen LogP contribution in [0.3, 0.4) is 0 Å². The highest BCUT2D eigenvalue weighted by Crippen LogP contribution is 2.08. The predicted octanol–water partition coefficient (Wildman–Crippen LogP) is 2.74. The van der Waals surface area contributed by atoms with E-state index in [4.69, 9.17) is 0 Å². The zero-order chi connectivity index (χ0) is 12.0. The molecule has 1 aromatic heterocycles. The standard InChI is InChI=1S/C13H25N3/c1-5-14-9-13-10-16(15-12(13)4)8-6-7-11(2)3/h10-11,14H,5-9H2,1-4H3. The predicted molar refractivity (Wildman–Crippen MR) is 68.4 cm³/mol. The lowest BCUT2D eigenvalue weighted by Crippen LogP contribution is -2.11. The molecule has 1 N–H and O–H groups in total. The van der Waals surface area contributed by atoms with Crippen molar-refractivity contribution in [1.82, 2.24) is 15.1 Å². The summed E-state index contributed by atoms with van der Waals surface area (Å²) < 4.78 is 2.09. The first kappa shape index (κ1) is 13.2. The Morgan fingerprint density at radius 1 is 1.44 bits per heavy atom. The molecule has 0 amide bonds. The molecule has 0 radical (unpaired) electrons. The van der Waals surface area contributed by atoms with Crippen LogP contribution in [-0.2, 0) is 13.1 Å². The first-order chi connectivity index (χ1) is 7.63. The molecule has 0 bridgehead atoms. The van der Waals surface area contributed by atoms with Gasteiger partial charge in [0.1, 0.15) is 0 Å². The first-order valence-corrected chi connectivity index (χ1v) is 6.37. The zero-order valence-corrected chi connectivity index (χ0v) is 11.1. The van der Waals surface area contributed by atoms with E-state index in [0.717, 1.165) is 31.2 Å². The largest absolute Gasteiger partial charge is 0.313 e. The van der Waals surface area contributed by atoms with Crippen molar-refractivity contribution in [3.8, 4) is 0 Å². The number of rotatable bonds is 7. The summed E-state index contributed by atoms with van der Waals surface area (Å²) >= 11 is 0. The summed E-state index contributed by atoms with van der Waals surface area (Å²) in [7, 11) is 0. The van der Waals surface area contributed by atoms with Crippen LogP contribution in [0.4, 0.5) is 0 Å². The molecule has 1 rings (SSSR count). The Hall–Kier alpha value is -0.830. The molecule has 1 aromatic rings. The van der Waals surface area contributed by atoms with E-state index in [1.165, 1.54) is 18.4 Å². The van der Waals surface area contributed by atoms with Gasteiger partial charge in [-0.1, -0.05) is 20.8 Å². The van der Waals surface area contributed by atoms with Crippen LogP contribution in [0, 0.1) is 12.8 Å².